The number of anilines is 1. The molecule has 2 aromatic heterocycles. The van der Waals surface area contributed by atoms with Crippen molar-refractivity contribution in [3.63, 3.8) is 0 Å². The molecule has 0 radical (unpaired) electrons. The first-order valence-corrected chi connectivity index (χ1v) is 6.47. The predicted molar refractivity (Wildman–Crippen MR) is 77.5 cm³/mol. The number of benzene rings is 1. The summed E-state index contributed by atoms with van der Waals surface area (Å²) < 4.78 is 6.99. The van der Waals surface area contributed by atoms with E-state index < -0.39 is 0 Å². The van der Waals surface area contributed by atoms with Crippen molar-refractivity contribution in [3.8, 4) is 5.69 Å². The van der Waals surface area contributed by atoms with Gasteiger partial charge in [-0.05, 0) is 32.0 Å². The molecule has 3 aromatic rings. The van der Waals surface area contributed by atoms with Gasteiger partial charge in [-0.25, -0.2) is 9.67 Å². The monoisotopic (exact) mass is 282 g/mol. The van der Waals surface area contributed by atoms with Crippen LogP contribution in [0.3, 0.4) is 0 Å². The van der Waals surface area contributed by atoms with Gasteiger partial charge in [0.1, 0.15) is 24.2 Å². The largest absolute Gasteiger partial charge is 0.466 e. The van der Waals surface area contributed by atoms with E-state index in [1.165, 1.54) is 6.33 Å². The zero-order valence-corrected chi connectivity index (χ0v) is 11.7. The lowest BCUT2D eigenvalue weighted by molar-refractivity contribution is 0.102. The molecule has 106 valence electrons. The second-order valence-corrected chi connectivity index (χ2v) is 4.64. The van der Waals surface area contributed by atoms with E-state index in [2.05, 4.69) is 15.4 Å². The Morgan fingerprint density at radius 2 is 2.10 bits per heavy atom. The highest BCUT2D eigenvalue weighted by Crippen LogP contribution is 2.21. The second-order valence-electron chi connectivity index (χ2n) is 4.64. The van der Waals surface area contributed by atoms with Crippen LogP contribution in [-0.2, 0) is 0 Å². The number of carbonyl (C=O) groups is 1. The van der Waals surface area contributed by atoms with E-state index in [-0.39, 0.29) is 5.91 Å². The van der Waals surface area contributed by atoms with E-state index in [4.69, 9.17) is 4.42 Å². The highest BCUT2D eigenvalue weighted by Gasteiger charge is 2.15. The molecule has 0 saturated carbocycles. The minimum Gasteiger partial charge on any atom is -0.466 e. The maximum atomic E-state index is 12.4. The Balaban J connectivity index is 1.92. The van der Waals surface area contributed by atoms with E-state index in [1.807, 2.05) is 31.2 Å². The van der Waals surface area contributed by atoms with Crippen molar-refractivity contribution in [2.75, 3.05) is 5.32 Å². The highest BCUT2D eigenvalue weighted by atomic mass is 16.3. The van der Waals surface area contributed by atoms with Gasteiger partial charge in [0, 0.05) is 0 Å². The molecule has 3 rings (SSSR count). The molecular formula is C15H14N4O2. The summed E-state index contributed by atoms with van der Waals surface area (Å²) in [5, 5.41) is 6.97. The van der Waals surface area contributed by atoms with Gasteiger partial charge in [-0.3, -0.25) is 4.79 Å². The number of carbonyl (C=O) groups excluding carboxylic acids is 1. The first kappa shape index (κ1) is 13.1. The third kappa shape index (κ3) is 2.55. The summed E-state index contributed by atoms with van der Waals surface area (Å²) >= 11 is 0. The van der Waals surface area contributed by atoms with Crippen LogP contribution in [0.5, 0.6) is 0 Å². The molecule has 6 heteroatoms. The number of hydrogen-bond donors (Lipinski definition) is 1. The smallest absolute Gasteiger partial charge is 0.259 e. The van der Waals surface area contributed by atoms with Crippen LogP contribution in [0.15, 0.2) is 47.4 Å². The van der Waals surface area contributed by atoms with Crippen LogP contribution in [-0.4, -0.2) is 20.7 Å². The fourth-order valence-electron chi connectivity index (χ4n) is 2.16. The third-order valence-electron chi connectivity index (χ3n) is 3.10. The summed E-state index contributed by atoms with van der Waals surface area (Å²) in [5.74, 6) is 1.10. The van der Waals surface area contributed by atoms with Crippen molar-refractivity contribution in [1.82, 2.24) is 14.8 Å². The second kappa shape index (κ2) is 5.24. The maximum absolute atomic E-state index is 12.4. The number of rotatable bonds is 3. The van der Waals surface area contributed by atoms with Gasteiger partial charge in [-0.1, -0.05) is 12.1 Å². The lowest BCUT2D eigenvalue weighted by Crippen LogP contribution is -2.14. The standard InChI is InChI=1S/C15H14N4O2/c1-10-7-12(11(2)21-10)15(20)18-13-5-3-4-6-14(13)19-9-16-8-17-19/h3-9H,1-2H3,(H,18,20). The molecule has 6 nitrogen and oxygen atoms in total. The molecule has 0 aliphatic heterocycles. The lowest BCUT2D eigenvalue weighted by atomic mass is 10.2. The van der Waals surface area contributed by atoms with E-state index in [1.54, 1.807) is 24.0 Å². The molecule has 1 N–H and O–H groups in total. The number of aromatic nitrogens is 3. The van der Waals surface area contributed by atoms with Crippen molar-refractivity contribution in [2.24, 2.45) is 0 Å². The summed E-state index contributed by atoms with van der Waals surface area (Å²) in [7, 11) is 0. The van der Waals surface area contributed by atoms with Crippen LogP contribution in [0.25, 0.3) is 5.69 Å². The van der Waals surface area contributed by atoms with Crippen LogP contribution in [0.4, 0.5) is 5.69 Å². The summed E-state index contributed by atoms with van der Waals surface area (Å²) in [5.41, 5.74) is 1.94. The Bertz CT molecular complexity index is 775. The fourth-order valence-corrected chi connectivity index (χ4v) is 2.16. The molecule has 21 heavy (non-hydrogen) atoms. The van der Waals surface area contributed by atoms with Crippen molar-refractivity contribution in [1.29, 1.82) is 0 Å². The first-order valence-electron chi connectivity index (χ1n) is 6.47. The molecule has 0 bridgehead atoms. The molecule has 1 amide bonds. The Morgan fingerprint density at radius 3 is 2.76 bits per heavy atom. The van der Waals surface area contributed by atoms with Gasteiger partial charge >= 0.3 is 0 Å². The molecule has 2 heterocycles. The van der Waals surface area contributed by atoms with Crippen LogP contribution in [0, 0.1) is 13.8 Å². The van der Waals surface area contributed by atoms with Crippen LogP contribution in [0.2, 0.25) is 0 Å². The zero-order valence-electron chi connectivity index (χ0n) is 11.7. The number of para-hydroxylation sites is 2. The number of nitrogens with one attached hydrogen (secondary N) is 1. The van der Waals surface area contributed by atoms with Crippen molar-refractivity contribution < 1.29 is 9.21 Å². The van der Waals surface area contributed by atoms with Gasteiger partial charge < -0.3 is 9.73 Å². The van der Waals surface area contributed by atoms with Gasteiger partial charge in [-0.2, -0.15) is 5.10 Å². The predicted octanol–water partition coefficient (Wildman–Crippen LogP) is 2.73. The van der Waals surface area contributed by atoms with Gasteiger partial charge in [0.25, 0.3) is 5.91 Å². The summed E-state index contributed by atoms with van der Waals surface area (Å²) in [6.07, 6.45) is 3.03. The lowest BCUT2D eigenvalue weighted by Gasteiger charge is -2.10. The molecule has 1 aromatic carbocycles. The molecule has 0 unspecified atom stereocenters. The Hall–Kier alpha value is -2.89. The SMILES string of the molecule is Cc1cc(C(=O)Nc2ccccc2-n2cncn2)c(C)o1. The third-order valence-corrected chi connectivity index (χ3v) is 3.10. The maximum Gasteiger partial charge on any atom is 0.259 e. The number of aryl methyl sites for hydroxylation is 2. The molecular weight excluding hydrogens is 268 g/mol. The van der Waals surface area contributed by atoms with Crippen LogP contribution < -0.4 is 5.32 Å². The van der Waals surface area contributed by atoms with Crippen molar-refractivity contribution in [2.45, 2.75) is 13.8 Å². The minimum absolute atomic E-state index is 0.211. The quantitative estimate of drug-likeness (QED) is 0.801. The molecule has 0 aliphatic carbocycles. The fraction of sp³-hybridized carbons (Fsp3) is 0.133. The normalized spacial score (nSPS) is 10.6. The zero-order chi connectivity index (χ0) is 14.8. The summed E-state index contributed by atoms with van der Waals surface area (Å²) in [4.78, 5) is 16.3. The number of amides is 1. The van der Waals surface area contributed by atoms with E-state index in [9.17, 15) is 4.79 Å². The topological polar surface area (TPSA) is 73.0 Å². The average Bonchev–Trinajstić information content (AvgIpc) is 3.09. The van der Waals surface area contributed by atoms with Crippen LogP contribution in [0.1, 0.15) is 21.9 Å². The van der Waals surface area contributed by atoms with E-state index >= 15 is 0 Å². The molecule has 0 aliphatic rings. The van der Waals surface area contributed by atoms with Gasteiger partial charge in [0.15, 0.2) is 0 Å². The number of furan rings is 1. The molecule has 0 spiro atoms. The van der Waals surface area contributed by atoms with Crippen molar-refractivity contribution >= 4 is 11.6 Å². The molecule has 0 atom stereocenters. The van der Waals surface area contributed by atoms with Gasteiger partial charge in [0.05, 0.1) is 16.9 Å². The van der Waals surface area contributed by atoms with Crippen LogP contribution >= 0.6 is 0 Å². The molecule has 0 saturated heterocycles. The highest BCUT2D eigenvalue weighted by molar-refractivity contribution is 6.06. The van der Waals surface area contributed by atoms with Gasteiger partial charge in [0.2, 0.25) is 0 Å². The van der Waals surface area contributed by atoms with E-state index in [0.717, 1.165) is 5.69 Å². The van der Waals surface area contributed by atoms with E-state index in [0.29, 0.717) is 22.8 Å². The number of hydrogen-bond acceptors (Lipinski definition) is 4. The molecule has 0 fully saturated rings. The Kier molecular flexibility index (Phi) is 3.27. The van der Waals surface area contributed by atoms with Crippen molar-refractivity contribution in [3.05, 3.63) is 60.1 Å². The summed E-state index contributed by atoms with van der Waals surface area (Å²) in [6, 6.07) is 9.13. The number of nitrogens with zero attached hydrogens (tertiary/aromatic N) is 3. The summed E-state index contributed by atoms with van der Waals surface area (Å²) in [6.45, 7) is 3.58. The Labute approximate surface area is 121 Å². The Morgan fingerprint density at radius 1 is 1.29 bits per heavy atom. The average molecular weight is 282 g/mol. The minimum atomic E-state index is -0.211. The first-order chi connectivity index (χ1) is 10.1. The van der Waals surface area contributed by atoms with Gasteiger partial charge in [-0.15, -0.1) is 0 Å².